The highest BCUT2D eigenvalue weighted by molar-refractivity contribution is 6.54. The fraction of sp³-hybridized carbons (Fsp3) is 0.273. The van der Waals surface area contributed by atoms with Crippen molar-refractivity contribution in [3.63, 3.8) is 0 Å². The fourth-order valence-corrected chi connectivity index (χ4v) is 2.11. The van der Waals surface area contributed by atoms with E-state index in [4.69, 9.17) is 69.6 Å². The molecule has 4 nitrogen and oxygen atoms in total. The van der Waals surface area contributed by atoms with Gasteiger partial charge in [-0.2, -0.15) is 0 Å². The Hall–Kier alpha value is -0.100. The first-order valence-corrected chi connectivity index (χ1v) is 7.84. The van der Waals surface area contributed by atoms with E-state index in [0.29, 0.717) is 10.6 Å². The maximum atomic E-state index is 11.6. The summed E-state index contributed by atoms with van der Waals surface area (Å²) < 4.78 is 0. The van der Waals surface area contributed by atoms with E-state index in [1.165, 1.54) is 18.2 Å². The lowest BCUT2D eigenvalue weighted by molar-refractivity contribution is -0.122. The van der Waals surface area contributed by atoms with Crippen molar-refractivity contribution in [3.05, 3.63) is 33.8 Å². The van der Waals surface area contributed by atoms with Crippen molar-refractivity contribution in [2.45, 2.75) is 15.8 Å². The number of nitrogens with one attached hydrogen (secondary N) is 2. The van der Waals surface area contributed by atoms with E-state index in [-0.39, 0.29) is 5.02 Å². The first kappa shape index (κ1) is 18.9. The first-order valence-electron chi connectivity index (χ1n) is 5.34. The average Bonchev–Trinajstić information content (AvgIpc) is 2.37. The number of benzene rings is 1. The van der Waals surface area contributed by atoms with Crippen LogP contribution >= 0.6 is 69.6 Å². The van der Waals surface area contributed by atoms with Crippen molar-refractivity contribution in [3.8, 4) is 0 Å². The summed E-state index contributed by atoms with van der Waals surface area (Å²) in [5.74, 6) is -1.45. The summed E-state index contributed by atoms with van der Waals surface area (Å²) in [5, 5.41) is 5.40. The van der Waals surface area contributed by atoms with Gasteiger partial charge >= 0.3 is 0 Å². The van der Waals surface area contributed by atoms with Crippen molar-refractivity contribution < 1.29 is 9.59 Å². The van der Waals surface area contributed by atoms with E-state index in [2.05, 4.69) is 10.6 Å². The zero-order valence-electron chi connectivity index (χ0n) is 10.0. The van der Waals surface area contributed by atoms with E-state index in [9.17, 15) is 9.59 Å². The molecule has 0 aliphatic rings. The van der Waals surface area contributed by atoms with Gasteiger partial charge in [0.1, 0.15) is 6.17 Å². The van der Waals surface area contributed by atoms with Crippen molar-refractivity contribution in [2.24, 2.45) is 0 Å². The Morgan fingerprint density at radius 2 is 1.38 bits per heavy atom. The largest absolute Gasteiger partial charge is 0.330 e. The second kappa shape index (κ2) is 8.51. The summed E-state index contributed by atoms with van der Waals surface area (Å²) in [5.41, 5.74) is 0.366. The fourth-order valence-electron chi connectivity index (χ4n) is 1.34. The van der Waals surface area contributed by atoms with Crippen LogP contribution in [-0.4, -0.2) is 21.5 Å². The molecule has 0 aliphatic heterocycles. The molecule has 1 aromatic rings. The number of alkyl halides is 4. The lowest BCUT2D eigenvalue weighted by Gasteiger charge is -2.22. The molecule has 0 unspecified atom stereocenters. The van der Waals surface area contributed by atoms with Crippen LogP contribution in [0.15, 0.2) is 18.2 Å². The van der Waals surface area contributed by atoms with Gasteiger partial charge in [-0.15, -0.1) is 0 Å². The molecule has 0 saturated heterocycles. The minimum Gasteiger partial charge on any atom is -0.330 e. The van der Waals surface area contributed by atoms with Crippen LogP contribution < -0.4 is 10.6 Å². The second-order valence-corrected chi connectivity index (χ2v) is 6.75. The Morgan fingerprint density at radius 3 is 1.76 bits per heavy atom. The van der Waals surface area contributed by atoms with E-state index in [1.807, 2.05) is 0 Å². The van der Waals surface area contributed by atoms with Gasteiger partial charge in [-0.1, -0.05) is 75.7 Å². The maximum Gasteiger partial charge on any atom is 0.255 e. The second-order valence-electron chi connectivity index (χ2n) is 3.72. The quantitative estimate of drug-likeness (QED) is 0.570. The Balaban J connectivity index is 3.05. The Morgan fingerprint density at radius 1 is 0.905 bits per heavy atom. The third kappa shape index (κ3) is 5.89. The van der Waals surface area contributed by atoms with Crippen molar-refractivity contribution >= 4 is 81.4 Å². The van der Waals surface area contributed by atoms with Gasteiger partial charge in [0.05, 0.1) is 0 Å². The summed E-state index contributed by atoms with van der Waals surface area (Å²) in [6.45, 7) is 0. The molecule has 0 aromatic heterocycles. The van der Waals surface area contributed by atoms with Crippen LogP contribution in [0.1, 0.15) is 11.7 Å². The molecular formula is C11H8Cl6N2O2. The van der Waals surface area contributed by atoms with Crippen LogP contribution in [0.25, 0.3) is 0 Å². The maximum absolute atomic E-state index is 11.6. The average molecular weight is 413 g/mol. The molecule has 10 heteroatoms. The zero-order chi connectivity index (χ0) is 16.2. The molecule has 0 fully saturated rings. The highest BCUT2D eigenvalue weighted by Crippen LogP contribution is 2.26. The topological polar surface area (TPSA) is 58.2 Å². The number of hydrogen-bond donors (Lipinski definition) is 2. The molecule has 0 aliphatic carbocycles. The molecule has 0 radical (unpaired) electrons. The predicted molar refractivity (Wildman–Crippen MR) is 86.5 cm³/mol. The van der Waals surface area contributed by atoms with Crippen LogP contribution in [0, 0.1) is 0 Å². The number of hydrogen-bond acceptors (Lipinski definition) is 2. The molecule has 1 rings (SSSR count). The van der Waals surface area contributed by atoms with Crippen LogP contribution in [0.3, 0.4) is 0 Å². The molecule has 0 atom stereocenters. The summed E-state index contributed by atoms with van der Waals surface area (Å²) in [6.07, 6.45) is -1.02. The Kier molecular flexibility index (Phi) is 7.68. The molecule has 1 aromatic carbocycles. The Bertz CT molecular complexity index is 515. The predicted octanol–water partition coefficient (Wildman–Crippen LogP) is 3.83. The number of carbonyl (C=O) groups is 2. The molecule has 0 bridgehead atoms. The highest BCUT2D eigenvalue weighted by Gasteiger charge is 2.24. The van der Waals surface area contributed by atoms with E-state index in [0.717, 1.165) is 0 Å². The van der Waals surface area contributed by atoms with E-state index >= 15 is 0 Å². The van der Waals surface area contributed by atoms with Crippen LogP contribution in [0.2, 0.25) is 10.0 Å². The molecular weight excluding hydrogens is 405 g/mol. The van der Waals surface area contributed by atoms with Crippen LogP contribution in [-0.2, 0) is 9.59 Å². The number of amides is 2. The van der Waals surface area contributed by atoms with E-state index < -0.39 is 27.7 Å². The standard InChI is InChI=1S/C11H8Cl6N2O2/c12-4-1-2-5(6(13)3-4)9(18-10(20)7(14)15)19-11(21)8(16)17/h1-3,7-9H,(H,18,20)(H,19,21). The summed E-state index contributed by atoms with van der Waals surface area (Å²) in [7, 11) is 0. The van der Waals surface area contributed by atoms with Gasteiger partial charge in [0, 0.05) is 15.6 Å². The van der Waals surface area contributed by atoms with Crippen molar-refractivity contribution in [1.82, 2.24) is 10.6 Å². The van der Waals surface area contributed by atoms with Gasteiger partial charge in [0.25, 0.3) is 11.8 Å². The lowest BCUT2D eigenvalue weighted by atomic mass is 10.1. The van der Waals surface area contributed by atoms with Gasteiger partial charge in [0.15, 0.2) is 9.67 Å². The molecule has 2 amide bonds. The molecule has 116 valence electrons. The van der Waals surface area contributed by atoms with Crippen molar-refractivity contribution in [1.29, 1.82) is 0 Å². The van der Waals surface area contributed by atoms with Crippen LogP contribution in [0.4, 0.5) is 0 Å². The normalized spacial score (nSPS) is 11.1. The molecule has 2 N–H and O–H groups in total. The van der Waals surface area contributed by atoms with Gasteiger partial charge in [0.2, 0.25) is 0 Å². The molecule has 0 saturated carbocycles. The molecule has 21 heavy (non-hydrogen) atoms. The lowest BCUT2D eigenvalue weighted by Crippen LogP contribution is -2.44. The molecule has 0 spiro atoms. The third-order valence-corrected chi connectivity index (χ3v) is 3.60. The number of halogens is 6. The molecule has 0 heterocycles. The van der Waals surface area contributed by atoms with E-state index in [1.54, 1.807) is 0 Å². The smallest absolute Gasteiger partial charge is 0.255 e. The van der Waals surface area contributed by atoms with Crippen LogP contribution in [0.5, 0.6) is 0 Å². The minimum atomic E-state index is -1.32. The SMILES string of the molecule is O=C(NC(NC(=O)C(Cl)Cl)c1ccc(Cl)cc1Cl)C(Cl)Cl. The summed E-state index contributed by atoms with van der Waals surface area (Å²) >= 11 is 33.7. The highest BCUT2D eigenvalue weighted by atomic mass is 35.5. The summed E-state index contributed by atoms with van der Waals surface area (Å²) in [6, 6.07) is 4.50. The van der Waals surface area contributed by atoms with Gasteiger partial charge in [-0.3, -0.25) is 9.59 Å². The summed E-state index contributed by atoms with van der Waals surface area (Å²) in [4.78, 5) is 20.5. The third-order valence-electron chi connectivity index (χ3n) is 2.24. The zero-order valence-corrected chi connectivity index (χ0v) is 14.6. The van der Waals surface area contributed by atoms with Crippen molar-refractivity contribution in [2.75, 3.05) is 0 Å². The Labute approximate surface area is 150 Å². The minimum absolute atomic E-state index is 0.217. The number of rotatable bonds is 5. The van der Waals surface area contributed by atoms with Gasteiger partial charge in [-0.05, 0) is 12.1 Å². The number of carbonyl (C=O) groups excluding carboxylic acids is 2. The van der Waals surface area contributed by atoms with Gasteiger partial charge < -0.3 is 10.6 Å². The first-order chi connectivity index (χ1) is 9.72. The van der Waals surface area contributed by atoms with Gasteiger partial charge in [-0.25, -0.2) is 0 Å². The monoisotopic (exact) mass is 410 g/mol.